The van der Waals surface area contributed by atoms with Crippen molar-refractivity contribution >= 4 is 5.91 Å². The molecular formula is C9H14N4O2. The third-order valence-electron chi connectivity index (χ3n) is 2.76. The highest BCUT2D eigenvalue weighted by Crippen LogP contribution is 2.21. The molecule has 0 aromatic carbocycles. The second-order valence-electron chi connectivity index (χ2n) is 4.14. The van der Waals surface area contributed by atoms with Gasteiger partial charge in [0.2, 0.25) is 0 Å². The molecule has 2 N–H and O–H groups in total. The minimum absolute atomic E-state index is 0.126. The highest BCUT2D eigenvalue weighted by Gasteiger charge is 2.30. The number of amides is 1. The van der Waals surface area contributed by atoms with Gasteiger partial charge in [0.15, 0.2) is 5.69 Å². The molecule has 0 bridgehead atoms. The van der Waals surface area contributed by atoms with E-state index >= 15 is 0 Å². The van der Waals surface area contributed by atoms with Gasteiger partial charge in [0.05, 0.1) is 11.8 Å². The van der Waals surface area contributed by atoms with Crippen LogP contribution in [-0.4, -0.2) is 50.0 Å². The summed E-state index contributed by atoms with van der Waals surface area (Å²) >= 11 is 0. The quantitative estimate of drug-likeness (QED) is 0.672. The van der Waals surface area contributed by atoms with E-state index in [0.29, 0.717) is 31.6 Å². The van der Waals surface area contributed by atoms with Crippen LogP contribution in [-0.2, 0) is 0 Å². The minimum Gasteiger partial charge on any atom is -0.390 e. The molecule has 1 aliphatic rings. The Hall–Kier alpha value is -1.43. The minimum atomic E-state index is -0.638. The first-order valence-corrected chi connectivity index (χ1v) is 4.96. The van der Waals surface area contributed by atoms with Gasteiger partial charge in [0.25, 0.3) is 5.91 Å². The number of H-pyrrole nitrogens is 1. The summed E-state index contributed by atoms with van der Waals surface area (Å²) in [5.41, 5.74) is -0.308. The molecule has 1 aliphatic heterocycles. The summed E-state index contributed by atoms with van der Waals surface area (Å²) in [4.78, 5) is 13.5. The summed E-state index contributed by atoms with van der Waals surface area (Å²) in [6.45, 7) is 2.93. The topological polar surface area (TPSA) is 82.1 Å². The monoisotopic (exact) mass is 210 g/mol. The highest BCUT2D eigenvalue weighted by molar-refractivity contribution is 5.91. The summed E-state index contributed by atoms with van der Waals surface area (Å²) in [6.07, 6.45) is 2.63. The number of carbonyl (C=O) groups excluding carboxylic acids is 1. The molecule has 0 radical (unpaired) electrons. The van der Waals surface area contributed by atoms with Crippen molar-refractivity contribution in [2.45, 2.75) is 25.4 Å². The number of rotatable bonds is 1. The first kappa shape index (κ1) is 10.1. The first-order chi connectivity index (χ1) is 7.08. The fourth-order valence-corrected chi connectivity index (χ4v) is 1.66. The van der Waals surface area contributed by atoms with Crippen molar-refractivity contribution in [3.05, 3.63) is 11.9 Å². The maximum Gasteiger partial charge on any atom is 0.276 e. The van der Waals surface area contributed by atoms with Gasteiger partial charge < -0.3 is 10.0 Å². The van der Waals surface area contributed by atoms with E-state index in [2.05, 4.69) is 15.4 Å². The second-order valence-corrected chi connectivity index (χ2v) is 4.14. The lowest BCUT2D eigenvalue weighted by atomic mass is 9.94. The van der Waals surface area contributed by atoms with Crippen LogP contribution in [0.2, 0.25) is 0 Å². The molecule has 0 aliphatic carbocycles. The van der Waals surface area contributed by atoms with Crippen LogP contribution in [0.4, 0.5) is 0 Å². The number of aromatic amines is 1. The van der Waals surface area contributed by atoms with Crippen molar-refractivity contribution in [1.82, 2.24) is 20.3 Å². The van der Waals surface area contributed by atoms with E-state index in [-0.39, 0.29) is 5.91 Å². The lowest BCUT2D eigenvalue weighted by molar-refractivity contribution is -0.00219. The number of hydrogen-bond donors (Lipinski definition) is 2. The molecule has 82 valence electrons. The predicted octanol–water partition coefficient (Wildman–Crippen LogP) is -0.208. The van der Waals surface area contributed by atoms with Crippen molar-refractivity contribution in [2.75, 3.05) is 13.1 Å². The van der Waals surface area contributed by atoms with Gasteiger partial charge in [0, 0.05) is 13.1 Å². The van der Waals surface area contributed by atoms with Crippen molar-refractivity contribution in [3.63, 3.8) is 0 Å². The zero-order chi connectivity index (χ0) is 10.9. The Morgan fingerprint density at radius 3 is 2.80 bits per heavy atom. The maximum atomic E-state index is 11.8. The average Bonchev–Trinajstić information content (AvgIpc) is 2.69. The molecule has 1 fully saturated rings. The third-order valence-corrected chi connectivity index (χ3v) is 2.76. The molecule has 15 heavy (non-hydrogen) atoms. The molecule has 1 saturated heterocycles. The smallest absolute Gasteiger partial charge is 0.276 e. The van der Waals surface area contributed by atoms with E-state index < -0.39 is 5.60 Å². The van der Waals surface area contributed by atoms with Crippen molar-refractivity contribution in [2.24, 2.45) is 0 Å². The number of likely N-dealkylation sites (tertiary alicyclic amines) is 1. The molecule has 0 atom stereocenters. The van der Waals surface area contributed by atoms with Crippen molar-refractivity contribution in [3.8, 4) is 0 Å². The van der Waals surface area contributed by atoms with Crippen LogP contribution >= 0.6 is 0 Å². The van der Waals surface area contributed by atoms with E-state index in [1.807, 2.05) is 0 Å². The summed E-state index contributed by atoms with van der Waals surface area (Å²) in [5.74, 6) is -0.126. The molecule has 2 rings (SSSR count). The number of nitrogens with one attached hydrogen (secondary N) is 1. The van der Waals surface area contributed by atoms with Gasteiger partial charge in [-0.2, -0.15) is 15.4 Å². The summed E-state index contributed by atoms with van der Waals surface area (Å²) in [7, 11) is 0. The fourth-order valence-electron chi connectivity index (χ4n) is 1.66. The standard InChI is InChI=1S/C9H14N4O2/c1-9(15)2-4-13(5-3-9)8(14)7-6-10-12-11-7/h6,15H,2-5H2,1H3,(H,10,11,12). The van der Waals surface area contributed by atoms with Crippen LogP contribution in [0.5, 0.6) is 0 Å². The van der Waals surface area contributed by atoms with Gasteiger partial charge in [-0.25, -0.2) is 0 Å². The average molecular weight is 210 g/mol. The van der Waals surface area contributed by atoms with Gasteiger partial charge in [-0.15, -0.1) is 0 Å². The molecule has 0 unspecified atom stereocenters. The lowest BCUT2D eigenvalue weighted by Crippen LogP contribution is -2.45. The molecule has 6 nitrogen and oxygen atoms in total. The van der Waals surface area contributed by atoms with Crippen LogP contribution in [0.25, 0.3) is 0 Å². The van der Waals surface area contributed by atoms with Gasteiger partial charge >= 0.3 is 0 Å². The molecule has 1 aromatic rings. The Morgan fingerprint density at radius 1 is 1.60 bits per heavy atom. The first-order valence-electron chi connectivity index (χ1n) is 4.96. The SMILES string of the molecule is CC1(O)CCN(C(=O)c2cn[nH]n2)CC1. The Bertz CT molecular complexity index is 337. The van der Waals surface area contributed by atoms with Crippen LogP contribution in [0, 0.1) is 0 Å². The largest absolute Gasteiger partial charge is 0.390 e. The molecule has 1 aromatic heterocycles. The Balaban J connectivity index is 2.00. The Morgan fingerprint density at radius 2 is 2.27 bits per heavy atom. The number of hydrogen-bond acceptors (Lipinski definition) is 4. The van der Waals surface area contributed by atoms with Crippen LogP contribution in [0.1, 0.15) is 30.3 Å². The normalized spacial score (nSPS) is 20.3. The van der Waals surface area contributed by atoms with E-state index in [0.717, 1.165) is 0 Å². The fraction of sp³-hybridized carbons (Fsp3) is 0.667. The van der Waals surface area contributed by atoms with E-state index in [1.165, 1.54) is 6.20 Å². The van der Waals surface area contributed by atoms with E-state index in [1.54, 1.807) is 11.8 Å². The van der Waals surface area contributed by atoms with Crippen molar-refractivity contribution in [1.29, 1.82) is 0 Å². The van der Waals surface area contributed by atoms with E-state index in [4.69, 9.17) is 0 Å². The molecule has 0 spiro atoms. The van der Waals surface area contributed by atoms with Gasteiger partial charge in [0.1, 0.15) is 0 Å². The maximum absolute atomic E-state index is 11.8. The van der Waals surface area contributed by atoms with Crippen LogP contribution in [0.15, 0.2) is 6.20 Å². The summed E-state index contributed by atoms with van der Waals surface area (Å²) in [5, 5.41) is 19.5. The lowest BCUT2D eigenvalue weighted by Gasteiger charge is -2.35. The molecule has 6 heteroatoms. The van der Waals surface area contributed by atoms with Crippen LogP contribution < -0.4 is 0 Å². The van der Waals surface area contributed by atoms with Crippen molar-refractivity contribution < 1.29 is 9.90 Å². The summed E-state index contributed by atoms with van der Waals surface area (Å²) in [6, 6.07) is 0. The number of piperidine rings is 1. The number of aromatic nitrogens is 3. The molecular weight excluding hydrogens is 196 g/mol. The molecule has 0 saturated carbocycles. The Kier molecular flexibility index (Phi) is 2.44. The number of aliphatic hydroxyl groups is 1. The predicted molar refractivity (Wildman–Crippen MR) is 52.1 cm³/mol. The van der Waals surface area contributed by atoms with Gasteiger partial charge in [-0.3, -0.25) is 4.79 Å². The Labute approximate surface area is 87.3 Å². The van der Waals surface area contributed by atoms with E-state index in [9.17, 15) is 9.90 Å². The highest BCUT2D eigenvalue weighted by atomic mass is 16.3. The molecule has 2 heterocycles. The zero-order valence-corrected chi connectivity index (χ0v) is 8.60. The van der Waals surface area contributed by atoms with Gasteiger partial charge in [-0.1, -0.05) is 0 Å². The molecule has 1 amide bonds. The number of carbonyl (C=O) groups is 1. The third kappa shape index (κ3) is 2.15. The van der Waals surface area contributed by atoms with Crippen LogP contribution in [0.3, 0.4) is 0 Å². The zero-order valence-electron chi connectivity index (χ0n) is 8.60. The number of nitrogens with zero attached hydrogens (tertiary/aromatic N) is 3. The van der Waals surface area contributed by atoms with Gasteiger partial charge in [-0.05, 0) is 19.8 Å². The summed E-state index contributed by atoms with van der Waals surface area (Å²) < 4.78 is 0. The second kappa shape index (κ2) is 3.62.